The quantitative estimate of drug-likeness (QED) is 0.530. The summed E-state index contributed by atoms with van der Waals surface area (Å²) in [5, 5.41) is 2.41. The fourth-order valence-electron chi connectivity index (χ4n) is 4.09. The maximum Gasteiger partial charge on any atom is 0.0935 e. The number of pyridine rings is 2. The summed E-state index contributed by atoms with van der Waals surface area (Å²) in [7, 11) is 0. The van der Waals surface area contributed by atoms with E-state index >= 15 is 0 Å². The minimum atomic E-state index is 0.985. The smallest absolute Gasteiger partial charge is 0.0935 e. The molecule has 27 heavy (non-hydrogen) atoms. The first-order chi connectivity index (χ1) is 13.4. The van der Waals surface area contributed by atoms with Crippen LogP contribution in [0.3, 0.4) is 0 Å². The van der Waals surface area contributed by atoms with E-state index in [0.717, 1.165) is 43.6 Å². The summed E-state index contributed by atoms with van der Waals surface area (Å²) >= 11 is 0. The fraction of sp³-hybridized carbons (Fsp3) is 0.217. The average molecular weight is 354 g/mol. The number of anilines is 2. The van der Waals surface area contributed by atoms with Crippen molar-refractivity contribution >= 4 is 33.2 Å². The third-order valence-electron chi connectivity index (χ3n) is 5.40. The molecule has 0 unspecified atom stereocenters. The molecule has 4 heteroatoms. The first-order valence-electron chi connectivity index (χ1n) is 9.57. The summed E-state index contributed by atoms with van der Waals surface area (Å²) in [6, 6.07) is 21.2. The van der Waals surface area contributed by atoms with Crippen molar-refractivity contribution in [1.29, 1.82) is 0 Å². The molecule has 5 rings (SSSR count). The SMILES string of the molecule is c1cnc2c(N3CCCN(c4cccc5cccnc45)CC3)cccc2c1. The number of rotatable bonds is 2. The molecule has 0 aliphatic carbocycles. The Morgan fingerprint density at radius 1 is 0.556 bits per heavy atom. The van der Waals surface area contributed by atoms with Crippen molar-refractivity contribution in [3.63, 3.8) is 0 Å². The van der Waals surface area contributed by atoms with E-state index in [2.05, 4.69) is 68.3 Å². The lowest BCUT2D eigenvalue weighted by Gasteiger charge is -2.26. The summed E-state index contributed by atoms with van der Waals surface area (Å²) in [6.07, 6.45) is 4.89. The molecule has 2 aromatic heterocycles. The molecular weight excluding hydrogens is 332 g/mol. The predicted octanol–water partition coefficient (Wildman–Crippen LogP) is 4.50. The van der Waals surface area contributed by atoms with Gasteiger partial charge in [0.2, 0.25) is 0 Å². The van der Waals surface area contributed by atoms with Gasteiger partial charge in [-0.3, -0.25) is 9.97 Å². The van der Waals surface area contributed by atoms with Crippen LogP contribution >= 0.6 is 0 Å². The number of hydrogen-bond acceptors (Lipinski definition) is 4. The van der Waals surface area contributed by atoms with Gasteiger partial charge >= 0.3 is 0 Å². The largest absolute Gasteiger partial charge is 0.368 e. The monoisotopic (exact) mass is 354 g/mol. The van der Waals surface area contributed by atoms with Gasteiger partial charge in [0.1, 0.15) is 0 Å². The number of nitrogens with zero attached hydrogens (tertiary/aromatic N) is 4. The number of para-hydroxylation sites is 2. The van der Waals surface area contributed by atoms with Crippen LogP contribution in [0, 0.1) is 0 Å². The van der Waals surface area contributed by atoms with E-state index in [1.54, 1.807) is 0 Å². The molecule has 1 aliphatic rings. The molecule has 0 bridgehead atoms. The Kier molecular flexibility index (Phi) is 4.09. The molecule has 1 fully saturated rings. The van der Waals surface area contributed by atoms with E-state index in [0.29, 0.717) is 0 Å². The number of aromatic nitrogens is 2. The Morgan fingerprint density at radius 2 is 1.04 bits per heavy atom. The Morgan fingerprint density at radius 3 is 1.56 bits per heavy atom. The Labute approximate surface area is 159 Å². The van der Waals surface area contributed by atoms with Gasteiger partial charge in [0, 0.05) is 49.3 Å². The summed E-state index contributed by atoms with van der Waals surface area (Å²) in [6.45, 7) is 4.06. The van der Waals surface area contributed by atoms with Crippen molar-refractivity contribution in [2.75, 3.05) is 36.0 Å². The van der Waals surface area contributed by atoms with Crippen LogP contribution < -0.4 is 9.80 Å². The van der Waals surface area contributed by atoms with E-state index in [4.69, 9.17) is 0 Å². The van der Waals surface area contributed by atoms with Crippen LogP contribution in [-0.2, 0) is 0 Å². The van der Waals surface area contributed by atoms with Gasteiger partial charge in [0.15, 0.2) is 0 Å². The van der Waals surface area contributed by atoms with Gasteiger partial charge in [-0.15, -0.1) is 0 Å². The normalized spacial score (nSPS) is 15.3. The standard InChI is InChI=1S/C23H22N4/c1-6-18-8-3-12-24-22(18)20(10-1)26-14-5-15-27(17-16-26)21-11-2-7-19-9-4-13-25-23(19)21/h1-4,6-13H,5,14-17H2. The van der Waals surface area contributed by atoms with Crippen LogP contribution in [0.25, 0.3) is 21.8 Å². The third-order valence-corrected chi connectivity index (χ3v) is 5.40. The Balaban J connectivity index is 1.45. The lowest BCUT2D eigenvalue weighted by Crippen LogP contribution is -2.31. The fourth-order valence-corrected chi connectivity index (χ4v) is 4.09. The van der Waals surface area contributed by atoms with Gasteiger partial charge in [0.25, 0.3) is 0 Å². The highest BCUT2D eigenvalue weighted by molar-refractivity contribution is 5.92. The van der Waals surface area contributed by atoms with Crippen LogP contribution in [0.4, 0.5) is 11.4 Å². The Hall–Kier alpha value is -3.14. The van der Waals surface area contributed by atoms with Gasteiger partial charge < -0.3 is 9.80 Å². The zero-order valence-corrected chi connectivity index (χ0v) is 15.3. The molecule has 4 aromatic rings. The zero-order valence-electron chi connectivity index (χ0n) is 15.3. The van der Waals surface area contributed by atoms with Crippen LogP contribution in [0.1, 0.15) is 6.42 Å². The molecule has 0 amide bonds. The summed E-state index contributed by atoms with van der Waals surface area (Å²) in [5.41, 5.74) is 4.68. The molecule has 4 nitrogen and oxygen atoms in total. The van der Waals surface area contributed by atoms with Gasteiger partial charge in [-0.1, -0.05) is 36.4 Å². The lowest BCUT2D eigenvalue weighted by atomic mass is 10.1. The van der Waals surface area contributed by atoms with E-state index in [9.17, 15) is 0 Å². The molecule has 1 saturated heterocycles. The minimum Gasteiger partial charge on any atom is -0.368 e. The van der Waals surface area contributed by atoms with Crippen LogP contribution in [0.15, 0.2) is 73.1 Å². The van der Waals surface area contributed by atoms with Crippen molar-refractivity contribution in [3.05, 3.63) is 73.1 Å². The second kappa shape index (κ2) is 6.88. The molecule has 2 aromatic carbocycles. The van der Waals surface area contributed by atoms with E-state index < -0.39 is 0 Å². The molecule has 0 spiro atoms. The van der Waals surface area contributed by atoms with Gasteiger partial charge in [0.05, 0.1) is 22.4 Å². The third kappa shape index (κ3) is 2.97. The number of hydrogen-bond donors (Lipinski definition) is 0. The molecule has 0 saturated carbocycles. The highest BCUT2D eigenvalue weighted by Gasteiger charge is 2.19. The highest BCUT2D eigenvalue weighted by Crippen LogP contribution is 2.29. The van der Waals surface area contributed by atoms with Crippen molar-refractivity contribution in [1.82, 2.24) is 9.97 Å². The molecular formula is C23H22N4. The van der Waals surface area contributed by atoms with Crippen LogP contribution in [0.2, 0.25) is 0 Å². The number of benzene rings is 2. The second-order valence-corrected chi connectivity index (χ2v) is 7.03. The maximum absolute atomic E-state index is 4.64. The molecule has 0 radical (unpaired) electrons. The van der Waals surface area contributed by atoms with Crippen molar-refractivity contribution < 1.29 is 0 Å². The van der Waals surface area contributed by atoms with E-state index in [-0.39, 0.29) is 0 Å². The first-order valence-corrected chi connectivity index (χ1v) is 9.57. The highest BCUT2D eigenvalue weighted by atomic mass is 15.2. The average Bonchev–Trinajstić information content (AvgIpc) is 2.99. The predicted molar refractivity (Wildman–Crippen MR) is 113 cm³/mol. The topological polar surface area (TPSA) is 32.3 Å². The zero-order chi connectivity index (χ0) is 18.1. The maximum atomic E-state index is 4.64. The molecule has 0 atom stereocenters. The lowest BCUT2D eigenvalue weighted by molar-refractivity contribution is 0.808. The van der Waals surface area contributed by atoms with E-state index in [1.807, 2.05) is 24.5 Å². The molecule has 0 N–H and O–H groups in total. The van der Waals surface area contributed by atoms with E-state index in [1.165, 1.54) is 22.1 Å². The van der Waals surface area contributed by atoms with Gasteiger partial charge in [-0.05, 0) is 30.7 Å². The molecule has 1 aliphatic heterocycles. The van der Waals surface area contributed by atoms with Crippen molar-refractivity contribution in [2.45, 2.75) is 6.42 Å². The summed E-state index contributed by atoms with van der Waals surface area (Å²) < 4.78 is 0. The van der Waals surface area contributed by atoms with Gasteiger partial charge in [-0.2, -0.15) is 0 Å². The van der Waals surface area contributed by atoms with Crippen LogP contribution in [0.5, 0.6) is 0 Å². The van der Waals surface area contributed by atoms with Crippen molar-refractivity contribution in [2.24, 2.45) is 0 Å². The number of fused-ring (bicyclic) bond motifs is 2. The minimum absolute atomic E-state index is 0.985. The summed E-state index contributed by atoms with van der Waals surface area (Å²) in [4.78, 5) is 14.2. The first kappa shape index (κ1) is 16.1. The molecule has 134 valence electrons. The molecule has 3 heterocycles. The Bertz CT molecular complexity index is 994. The van der Waals surface area contributed by atoms with Crippen LogP contribution in [-0.4, -0.2) is 36.1 Å². The second-order valence-electron chi connectivity index (χ2n) is 7.03. The summed E-state index contributed by atoms with van der Waals surface area (Å²) in [5.74, 6) is 0. The van der Waals surface area contributed by atoms with Crippen molar-refractivity contribution in [3.8, 4) is 0 Å². The van der Waals surface area contributed by atoms with Gasteiger partial charge in [-0.25, -0.2) is 0 Å².